The van der Waals surface area contributed by atoms with Crippen molar-refractivity contribution in [3.63, 3.8) is 0 Å². The molecule has 0 spiro atoms. The van der Waals surface area contributed by atoms with Crippen molar-refractivity contribution < 1.29 is 53.9 Å². The van der Waals surface area contributed by atoms with Crippen molar-refractivity contribution in [2.75, 3.05) is 53.5 Å². The molecule has 2 heterocycles. The molecular weight excluding hydrogens is 656 g/mol. The largest absolute Gasteiger partial charge is 0.492 e. The molecule has 1 aliphatic heterocycles. The summed E-state index contributed by atoms with van der Waals surface area (Å²) in [4.78, 5) is 55.7. The molecule has 13 nitrogen and oxygen atoms in total. The summed E-state index contributed by atoms with van der Waals surface area (Å²) in [6, 6.07) is 23.8. The van der Waals surface area contributed by atoms with Crippen LogP contribution in [0, 0.1) is 0 Å². The Balaban J connectivity index is 0.000000465. The summed E-state index contributed by atoms with van der Waals surface area (Å²) in [5, 5.41) is 30.6. The van der Waals surface area contributed by atoms with Gasteiger partial charge in [0.15, 0.2) is 5.78 Å². The van der Waals surface area contributed by atoms with E-state index in [1.54, 1.807) is 11.3 Å². The fourth-order valence-electron chi connectivity index (χ4n) is 4.67. The van der Waals surface area contributed by atoms with Crippen LogP contribution in [0.5, 0.6) is 11.5 Å². The Morgan fingerprint density at radius 2 is 1.22 bits per heavy atom. The minimum Gasteiger partial charge on any atom is -0.492 e. The van der Waals surface area contributed by atoms with Gasteiger partial charge in [-0.15, -0.1) is 11.3 Å². The first kappa shape index (κ1) is 38.1. The maximum Gasteiger partial charge on any atom is 0.414 e. The van der Waals surface area contributed by atoms with Crippen LogP contribution in [-0.2, 0) is 19.2 Å². The molecule has 0 unspecified atom stereocenters. The molecule has 49 heavy (non-hydrogen) atoms. The van der Waals surface area contributed by atoms with E-state index in [9.17, 15) is 4.79 Å². The van der Waals surface area contributed by atoms with Crippen molar-refractivity contribution in [3.05, 3.63) is 83.9 Å². The van der Waals surface area contributed by atoms with E-state index in [2.05, 4.69) is 28.0 Å². The number of likely N-dealkylation sites (N-methyl/N-ethyl adjacent to an activating group) is 1. The van der Waals surface area contributed by atoms with Crippen LogP contribution in [0.15, 0.2) is 72.8 Å². The van der Waals surface area contributed by atoms with Gasteiger partial charge in [0.05, 0.1) is 0 Å². The van der Waals surface area contributed by atoms with Crippen LogP contribution < -0.4 is 9.47 Å². The van der Waals surface area contributed by atoms with Gasteiger partial charge in [0, 0.05) is 39.2 Å². The second-order valence-electron chi connectivity index (χ2n) is 10.9. The molecule has 0 atom stereocenters. The van der Waals surface area contributed by atoms with Gasteiger partial charge in [-0.3, -0.25) is 9.69 Å². The number of hydrogen-bond donors (Lipinski definition) is 4. The second-order valence-corrected chi connectivity index (χ2v) is 12.0. The predicted octanol–water partition coefficient (Wildman–Crippen LogP) is 4.53. The van der Waals surface area contributed by atoms with E-state index in [1.165, 1.54) is 25.9 Å². The molecule has 4 aromatic rings. The summed E-state index contributed by atoms with van der Waals surface area (Å²) in [7, 11) is 4.04. The molecule has 5 rings (SSSR count). The second kappa shape index (κ2) is 18.9. The number of thiophene rings is 1. The highest BCUT2D eigenvalue weighted by atomic mass is 32.1. The first-order chi connectivity index (χ1) is 23.4. The predicted molar refractivity (Wildman–Crippen MR) is 183 cm³/mol. The van der Waals surface area contributed by atoms with Gasteiger partial charge in [-0.2, -0.15) is 0 Å². The van der Waals surface area contributed by atoms with Crippen molar-refractivity contribution in [3.8, 4) is 21.9 Å². The smallest absolute Gasteiger partial charge is 0.414 e. The molecule has 1 aromatic heterocycles. The minimum atomic E-state index is -1.82. The number of likely N-dealkylation sites (tertiary alicyclic amines) is 1. The first-order valence-corrected chi connectivity index (χ1v) is 16.0. The molecule has 3 aromatic carbocycles. The highest BCUT2D eigenvalue weighted by Crippen LogP contribution is 2.40. The molecule has 0 radical (unpaired) electrons. The standard InChI is InChI=1S/C31H34N2O3S.2C2H2O4/c1-32(2)19-21-35-25-13-9-23(10-14-25)30(34)29-27-7-3-4-8-28(27)37-31(29)24-11-15-26(16-12-24)36-22-20-33-17-5-6-18-33;2*3-1(4)2(5)6/h3-4,7-16H,5-6,17-22H2,1-2H3;2*(H,3,4)(H,5,6). The quantitative estimate of drug-likeness (QED) is 0.127. The van der Waals surface area contributed by atoms with Crippen LogP contribution in [-0.4, -0.2) is 113 Å². The van der Waals surface area contributed by atoms with Crippen molar-refractivity contribution in [2.45, 2.75) is 12.8 Å². The summed E-state index contributed by atoms with van der Waals surface area (Å²) < 4.78 is 12.9. The Labute approximate surface area is 286 Å². The van der Waals surface area contributed by atoms with Crippen LogP contribution in [0.4, 0.5) is 0 Å². The number of carboxylic acid groups (broad SMARTS) is 4. The molecule has 0 bridgehead atoms. The highest BCUT2D eigenvalue weighted by Gasteiger charge is 2.21. The van der Waals surface area contributed by atoms with Crippen molar-refractivity contribution in [1.29, 1.82) is 0 Å². The van der Waals surface area contributed by atoms with Gasteiger partial charge >= 0.3 is 23.9 Å². The Bertz CT molecular complexity index is 1680. The number of carboxylic acids is 4. The molecule has 1 saturated heterocycles. The summed E-state index contributed by atoms with van der Waals surface area (Å²) in [5.41, 5.74) is 2.44. The Morgan fingerprint density at radius 3 is 1.76 bits per heavy atom. The van der Waals surface area contributed by atoms with Crippen LogP contribution in [0.2, 0.25) is 0 Å². The van der Waals surface area contributed by atoms with Gasteiger partial charge in [-0.1, -0.05) is 18.2 Å². The normalized spacial score (nSPS) is 12.3. The summed E-state index contributed by atoms with van der Waals surface area (Å²) in [5.74, 6) is -5.64. The van der Waals surface area contributed by atoms with E-state index in [4.69, 9.17) is 49.1 Å². The average molecular weight is 695 g/mol. The van der Waals surface area contributed by atoms with Gasteiger partial charge in [-0.25, -0.2) is 19.2 Å². The highest BCUT2D eigenvalue weighted by molar-refractivity contribution is 7.22. The molecule has 0 saturated carbocycles. The van der Waals surface area contributed by atoms with Crippen molar-refractivity contribution in [2.24, 2.45) is 0 Å². The fourth-order valence-corrected chi connectivity index (χ4v) is 5.87. The SMILES string of the molecule is CN(C)CCOc1ccc(C(=O)c2c(-c3ccc(OCCN4CCCC4)cc3)sc3ccccc23)cc1.O=C(O)C(=O)O.O=C(O)C(=O)O. The number of benzene rings is 3. The zero-order valence-corrected chi connectivity index (χ0v) is 27.9. The number of carbonyl (C=O) groups is 5. The minimum absolute atomic E-state index is 0.0261. The number of ketones is 1. The lowest BCUT2D eigenvalue weighted by Gasteiger charge is -2.15. The Hall–Kier alpha value is -5.31. The van der Waals surface area contributed by atoms with E-state index in [1.807, 2.05) is 68.7 Å². The van der Waals surface area contributed by atoms with Gasteiger partial charge in [0.25, 0.3) is 0 Å². The van der Waals surface area contributed by atoms with E-state index < -0.39 is 23.9 Å². The monoisotopic (exact) mass is 694 g/mol. The first-order valence-electron chi connectivity index (χ1n) is 15.2. The number of hydrogen-bond acceptors (Lipinski definition) is 10. The van der Waals surface area contributed by atoms with E-state index >= 15 is 0 Å². The van der Waals surface area contributed by atoms with Crippen LogP contribution in [0.3, 0.4) is 0 Å². The number of ether oxygens (including phenoxy) is 2. The third kappa shape index (κ3) is 12.0. The molecule has 0 amide bonds. The number of fused-ring (bicyclic) bond motifs is 1. The number of rotatable bonds is 11. The third-order valence-corrected chi connectivity index (χ3v) is 8.32. The zero-order chi connectivity index (χ0) is 35.9. The van der Waals surface area contributed by atoms with Crippen LogP contribution in [0.1, 0.15) is 28.8 Å². The van der Waals surface area contributed by atoms with Crippen molar-refractivity contribution in [1.82, 2.24) is 9.80 Å². The molecule has 4 N–H and O–H groups in total. The van der Waals surface area contributed by atoms with E-state index in [0.29, 0.717) is 18.8 Å². The van der Waals surface area contributed by atoms with Crippen LogP contribution >= 0.6 is 11.3 Å². The number of nitrogens with zero attached hydrogens (tertiary/aromatic N) is 2. The summed E-state index contributed by atoms with van der Waals surface area (Å²) >= 11 is 1.66. The molecule has 260 valence electrons. The Morgan fingerprint density at radius 1 is 0.714 bits per heavy atom. The van der Waals surface area contributed by atoms with E-state index in [-0.39, 0.29) is 5.78 Å². The summed E-state index contributed by atoms with van der Waals surface area (Å²) in [6.07, 6.45) is 2.58. The van der Waals surface area contributed by atoms with Crippen LogP contribution in [0.25, 0.3) is 20.5 Å². The molecular formula is C35H38N2O11S. The fraction of sp³-hybridized carbons (Fsp3) is 0.286. The summed E-state index contributed by atoms with van der Waals surface area (Å²) in [6.45, 7) is 5.47. The molecule has 14 heteroatoms. The maximum atomic E-state index is 13.8. The third-order valence-electron chi connectivity index (χ3n) is 7.10. The zero-order valence-electron chi connectivity index (χ0n) is 27.0. The van der Waals surface area contributed by atoms with Gasteiger partial charge in [0.2, 0.25) is 0 Å². The van der Waals surface area contributed by atoms with Crippen molar-refractivity contribution >= 4 is 51.1 Å². The molecule has 1 fully saturated rings. The lowest BCUT2D eigenvalue weighted by Crippen LogP contribution is -2.25. The lowest BCUT2D eigenvalue weighted by molar-refractivity contribution is -0.159. The maximum absolute atomic E-state index is 13.8. The van der Waals surface area contributed by atoms with Gasteiger partial charge in [0.1, 0.15) is 24.7 Å². The van der Waals surface area contributed by atoms with E-state index in [0.717, 1.165) is 50.7 Å². The molecule has 1 aliphatic rings. The average Bonchev–Trinajstić information content (AvgIpc) is 3.74. The van der Waals surface area contributed by atoms with Gasteiger partial charge < -0.3 is 34.8 Å². The molecule has 0 aliphatic carbocycles. The van der Waals surface area contributed by atoms with Gasteiger partial charge in [-0.05, 0) is 100 Å². The topological polar surface area (TPSA) is 191 Å². The lowest BCUT2D eigenvalue weighted by atomic mass is 9.97. The number of carbonyl (C=O) groups excluding carboxylic acids is 1. The number of aliphatic carboxylic acids is 4. The Kier molecular flexibility index (Phi) is 14.7.